The van der Waals surface area contributed by atoms with Crippen molar-refractivity contribution in [3.8, 4) is 0 Å². The van der Waals surface area contributed by atoms with E-state index in [1.807, 2.05) is 0 Å². The van der Waals surface area contributed by atoms with Crippen LogP contribution in [0.4, 0.5) is 0 Å². The minimum Gasteiger partial charge on any atom is -0.200 e. The SMILES string of the molecule is O=S(=O)(Nn1ncc2c1CCCC2)c1ccccc1. The highest BCUT2D eigenvalue weighted by atomic mass is 32.2. The number of sulfonamides is 1. The van der Waals surface area contributed by atoms with Crippen molar-refractivity contribution in [3.63, 3.8) is 0 Å². The van der Waals surface area contributed by atoms with Crippen LogP contribution in [-0.2, 0) is 22.9 Å². The molecule has 6 heteroatoms. The summed E-state index contributed by atoms with van der Waals surface area (Å²) >= 11 is 0. The largest absolute Gasteiger partial charge is 0.276 e. The zero-order valence-electron chi connectivity index (χ0n) is 10.4. The Morgan fingerprint density at radius 1 is 1.11 bits per heavy atom. The molecule has 0 fully saturated rings. The fourth-order valence-corrected chi connectivity index (χ4v) is 3.34. The minimum atomic E-state index is -3.57. The highest BCUT2D eigenvalue weighted by molar-refractivity contribution is 7.92. The van der Waals surface area contributed by atoms with Crippen molar-refractivity contribution in [2.45, 2.75) is 30.6 Å². The molecule has 0 unspecified atom stereocenters. The summed E-state index contributed by atoms with van der Waals surface area (Å²) in [7, 11) is -3.57. The summed E-state index contributed by atoms with van der Waals surface area (Å²) in [5.41, 5.74) is 2.12. The molecule has 0 saturated carbocycles. The Kier molecular flexibility index (Phi) is 3.02. The molecule has 100 valence electrons. The first-order valence-corrected chi connectivity index (χ1v) is 7.79. The number of aryl methyl sites for hydroxylation is 1. The van der Waals surface area contributed by atoms with Gasteiger partial charge in [-0.2, -0.15) is 23.1 Å². The van der Waals surface area contributed by atoms with E-state index in [4.69, 9.17) is 0 Å². The van der Waals surface area contributed by atoms with Crippen molar-refractivity contribution in [3.05, 3.63) is 47.8 Å². The van der Waals surface area contributed by atoms with Gasteiger partial charge in [-0.15, -0.1) is 0 Å². The molecule has 1 N–H and O–H groups in total. The number of benzene rings is 1. The molecule has 0 aliphatic heterocycles. The van der Waals surface area contributed by atoms with Crippen LogP contribution in [-0.4, -0.2) is 18.3 Å². The molecule has 0 saturated heterocycles. The van der Waals surface area contributed by atoms with Crippen LogP contribution in [0.2, 0.25) is 0 Å². The first-order valence-electron chi connectivity index (χ1n) is 6.30. The van der Waals surface area contributed by atoms with Crippen LogP contribution in [0.1, 0.15) is 24.1 Å². The summed E-state index contributed by atoms with van der Waals surface area (Å²) in [6, 6.07) is 8.32. The van der Waals surface area contributed by atoms with Gasteiger partial charge >= 0.3 is 0 Å². The van der Waals surface area contributed by atoms with Crippen LogP contribution in [0.15, 0.2) is 41.4 Å². The molecule has 5 nitrogen and oxygen atoms in total. The lowest BCUT2D eigenvalue weighted by Gasteiger charge is -2.15. The summed E-state index contributed by atoms with van der Waals surface area (Å²) in [5, 5.41) is 4.13. The quantitative estimate of drug-likeness (QED) is 0.928. The van der Waals surface area contributed by atoms with Crippen LogP contribution in [0.25, 0.3) is 0 Å². The molecule has 0 spiro atoms. The van der Waals surface area contributed by atoms with Crippen molar-refractivity contribution in [1.29, 1.82) is 0 Å². The predicted octanol–water partition coefficient (Wildman–Crippen LogP) is 1.69. The zero-order valence-corrected chi connectivity index (χ0v) is 11.2. The molecule has 0 amide bonds. The van der Waals surface area contributed by atoms with Crippen LogP contribution < -0.4 is 4.83 Å². The highest BCUT2D eigenvalue weighted by Gasteiger charge is 2.19. The summed E-state index contributed by atoms with van der Waals surface area (Å²) in [4.78, 5) is 4.17. The molecule has 1 aromatic carbocycles. The third kappa shape index (κ3) is 2.35. The van der Waals surface area contributed by atoms with Crippen molar-refractivity contribution in [2.24, 2.45) is 0 Å². The lowest BCUT2D eigenvalue weighted by Crippen LogP contribution is -2.26. The van der Waals surface area contributed by atoms with Crippen LogP contribution >= 0.6 is 0 Å². The van der Waals surface area contributed by atoms with Crippen molar-refractivity contribution >= 4 is 10.0 Å². The summed E-state index contributed by atoms with van der Waals surface area (Å²) in [6.45, 7) is 0. The third-order valence-corrected chi connectivity index (χ3v) is 4.63. The maximum absolute atomic E-state index is 12.2. The van der Waals surface area contributed by atoms with E-state index in [9.17, 15) is 8.42 Å². The molecule has 3 rings (SSSR count). The molecular formula is C13H15N3O2S. The van der Waals surface area contributed by atoms with Gasteiger partial charge in [-0.1, -0.05) is 18.2 Å². The van der Waals surface area contributed by atoms with E-state index in [-0.39, 0.29) is 4.90 Å². The molecule has 0 bridgehead atoms. The molecule has 0 atom stereocenters. The van der Waals surface area contributed by atoms with E-state index in [2.05, 4.69) is 9.93 Å². The lowest BCUT2D eigenvalue weighted by molar-refractivity contribution is 0.585. The van der Waals surface area contributed by atoms with Crippen molar-refractivity contribution in [2.75, 3.05) is 4.83 Å². The number of nitrogens with one attached hydrogen (secondary N) is 1. The fraction of sp³-hybridized carbons (Fsp3) is 0.308. The third-order valence-electron chi connectivity index (χ3n) is 3.33. The highest BCUT2D eigenvalue weighted by Crippen LogP contribution is 2.20. The number of fused-ring (bicyclic) bond motifs is 1. The van der Waals surface area contributed by atoms with Crippen LogP contribution in [0.3, 0.4) is 0 Å². The van der Waals surface area contributed by atoms with E-state index >= 15 is 0 Å². The van der Waals surface area contributed by atoms with Gasteiger partial charge in [-0.3, -0.25) is 0 Å². The van der Waals surface area contributed by atoms with Gasteiger partial charge in [-0.25, -0.2) is 0 Å². The number of rotatable bonds is 3. The van der Waals surface area contributed by atoms with Crippen LogP contribution in [0.5, 0.6) is 0 Å². The number of hydrogen-bond acceptors (Lipinski definition) is 3. The number of aromatic nitrogens is 2. The molecule has 2 aromatic rings. The molecule has 1 heterocycles. The van der Waals surface area contributed by atoms with E-state index < -0.39 is 10.0 Å². The summed E-state index contributed by atoms with van der Waals surface area (Å²) in [5.74, 6) is 0. The Labute approximate surface area is 112 Å². The smallest absolute Gasteiger partial charge is 0.200 e. The Morgan fingerprint density at radius 3 is 2.63 bits per heavy atom. The van der Waals surface area contributed by atoms with Crippen molar-refractivity contribution in [1.82, 2.24) is 9.89 Å². The van der Waals surface area contributed by atoms with E-state index in [1.54, 1.807) is 36.5 Å². The maximum Gasteiger partial charge on any atom is 0.276 e. The topological polar surface area (TPSA) is 64.0 Å². The predicted molar refractivity (Wildman–Crippen MR) is 71.9 cm³/mol. The molecule has 1 aromatic heterocycles. The average molecular weight is 277 g/mol. The zero-order chi connectivity index (χ0) is 13.3. The van der Waals surface area contributed by atoms with Gasteiger partial charge in [0.15, 0.2) is 0 Å². The lowest BCUT2D eigenvalue weighted by atomic mass is 9.99. The molecule has 1 aliphatic carbocycles. The minimum absolute atomic E-state index is 0.245. The van der Waals surface area contributed by atoms with Crippen LogP contribution in [0, 0.1) is 0 Å². The van der Waals surface area contributed by atoms with E-state index in [0.717, 1.165) is 36.9 Å². The standard InChI is InChI=1S/C13H15N3O2S/c17-19(18,12-7-2-1-3-8-12)15-16-13-9-5-4-6-11(13)10-14-16/h1-3,7-8,10,15H,4-6,9H2. The van der Waals surface area contributed by atoms with Crippen molar-refractivity contribution < 1.29 is 8.42 Å². The maximum atomic E-state index is 12.2. The molecule has 19 heavy (non-hydrogen) atoms. The Bertz CT molecular complexity index is 677. The summed E-state index contributed by atoms with van der Waals surface area (Å²) < 4.78 is 24.4. The van der Waals surface area contributed by atoms with Gasteiger partial charge in [0.2, 0.25) is 0 Å². The number of nitrogens with zero attached hydrogens (tertiary/aromatic N) is 2. The fourth-order valence-electron chi connectivity index (χ4n) is 2.34. The van der Waals surface area contributed by atoms with Gasteiger partial charge in [0, 0.05) is 0 Å². The first kappa shape index (κ1) is 12.2. The Morgan fingerprint density at radius 2 is 1.84 bits per heavy atom. The van der Waals surface area contributed by atoms with E-state index in [1.165, 1.54) is 4.79 Å². The Hall–Kier alpha value is -1.82. The monoisotopic (exact) mass is 277 g/mol. The van der Waals surface area contributed by atoms with Gasteiger partial charge in [0.05, 0.1) is 16.8 Å². The second-order valence-electron chi connectivity index (χ2n) is 4.64. The molecule has 1 aliphatic rings. The normalized spacial score (nSPS) is 14.9. The second kappa shape index (κ2) is 4.70. The Balaban J connectivity index is 1.91. The first-order chi connectivity index (χ1) is 9.17. The molecular weight excluding hydrogens is 262 g/mol. The van der Waals surface area contributed by atoms with Gasteiger partial charge in [-0.05, 0) is 43.4 Å². The molecule has 0 radical (unpaired) electrons. The van der Waals surface area contributed by atoms with Gasteiger partial charge in [0.25, 0.3) is 10.0 Å². The summed E-state index contributed by atoms with van der Waals surface area (Å²) in [6.07, 6.45) is 5.81. The van der Waals surface area contributed by atoms with E-state index in [0.29, 0.717) is 0 Å². The van der Waals surface area contributed by atoms with Gasteiger partial charge in [0.1, 0.15) is 0 Å². The van der Waals surface area contributed by atoms with Gasteiger partial charge < -0.3 is 0 Å². The number of hydrogen-bond donors (Lipinski definition) is 1. The second-order valence-corrected chi connectivity index (χ2v) is 6.30. The average Bonchev–Trinajstić information content (AvgIpc) is 2.83.